The van der Waals surface area contributed by atoms with Gasteiger partial charge in [0.05, 0.1) is 0 Å². The van der Waals surface area contributed by atoms with Crippen molar-refractivity contribution < 1.29 is 14.3 Å². The quantitative estimate of drug-likeness (QED) is 0.579. The van der Waals surface area contributed by atoms with Crippen LogP contribution < -0.4 is 15.4 Å². The average Bonchev–Trinajstić information content (AvgIpc) is 2.74. The van der Waals surface area contributed by atoms with E-state index in [1.54, 1.807) is 36.5 Å². The highest BCUT2D eigenvalue weighted by Gasteiger charge is 2.15. The first-order valence-corrected chi connectivity index (χ1v) is 10.5. The minimum absolute atomic E-state index is 0.168. The first-order chi connectivity index (χ1) is 15.1. The van der Waals surface area contributed by atoms with Gasteiger partial charge in [-0.25, -0.2) is 4.98 Å². The predicted molar refractivity (Wildman–Crippen MR) is 125 cm³/mol. The highest BCUT2D eigenvalue weighted by atomic mass is 16.5. The number of hydrogen-bond donors (Lipinski definition) is 2. The molecule has 1 aromatic heterocycles. The molecule has 0 unspecified atom stereocenters. The summed E-state index contributed by atoms with van der Waals surface area (Å²) >= 11 is 0. The maximum Gasteiger partial charge on any atom is 0.251 e. The van der Waals surface area contributed by atoms with Gasteiger partial charge in [0.1, 0.15) is 5.75 Å². The number of carbonyl (C=O) groups excluding carboxylic acids is 2. The van der Waals surface area contributed by atoms with Crippen LogP contribution >= 0.6 is 0 Å². The molecule has 6 nitrogen and oxygen atoms in total. The van der Waals surface area contributed by atoms with E-state index in [4.69, 9.17) is 4.74 Å². The molecule has 3 aromatic rings. The Balaban J connectivity index is 1.55. The van der Waals surface area contributed by atoms with E-state index in [-0.39, 0.29) is 17.4 Å². The van der Waals surface area contributed by atoms with Gasteiger partial charge in [-0.3, -0.25) is 9.59 Å². The van der Waals surface area contributed by atoms with E-state index in [0.29, 0.717) is 23.6 Å². The Morgan fingerprint density at radius 3 is 2.16 bits per heavy atom. The highest BCUT2D eigenvalue weighted by Crippen LogP contribution is 2.24. The van der Waals surface area contributed by atoms with Gasteiger partial charge >= 0.3 is 0 Å². The normalized spacial score (nSPS) is 11.0. The van der Waals surface area contributed by atoms with E-state index in [0.717, 1.165) is 22.4 Å². The number of nitrogens with one attached hydrogen (secondary N) is 2. The van der Waals surface area contributed by atoms with Gasteiger partial charge in [-0.1, -0.05) is 18.2 Å². The van der Waals surface area contributed by atoms with Crippen LogP contribution in [0.3, 0.4) is 0 Å². The summed E-state index contributed by atoms with van der Waals surface area (Å²) in [6.07, 6.45) is 1.68. The first kappa shape index (κ1) is 23.0. The minimum Gasteiger partial charge on any atom is -0.439 e. The van der Waals surface area contributed by atoms with Gasteiger partial charge in [0.2, 0.25) is 5.88 Å². The van der Waals surface area contributed by atoms with Crippen molar-refractivity contribution >= 4 is 11.8 Å². The number of benzene rings is 2. The molecule has 2 amide bonds. The third kappa shape index (κ3) is 6.41. The lowest BCUT2D eigenvalue weighted by Crippen LogP contribution is -2.40. The third-order valence-electron chi connectivity index (χ3n) is 4.71. The maximum atomic E-state index is 12.4. The number of aromatic nitrogens is 1. The summed E-state index contributed by atoms with van der Waals surface area (Å²) in [6, 6.07) is 16.3. The SMILES string of the molecule is Cc1ccc(C)c(Oc2ccc(CNC(=O)c3ccc(C(=O)NC(C)(C)C)cc3)cn2)c1. The molecule has 0 aliphatic rings. The van der Waals surface area contributed by atoms with Crippen molar-refractivity contribution in [3.63, 3.8) is 0 Å². The van der Waals surface area contributed by atoms with Crippen molar-refractivity contribution in [1.82, 2.24) is 15.6 Å². The zero-order valence-corrected chi connectivity index (χ0v) is 19.2. The summed E-state index contributed by atoms with van der Waals surface area (Å²) in [4.78, 5) is 29.0. The molecule has 0 bridgehead atoms. The Labute approximate surface area is 189 Å². The second-order valence-electron chi connectivity index (χ2n) is 8.84. The Bertz CT molecular complexity index is 1100. The molecule has 0 saturated heterocycles. The highest BCUT2D eigenvalue weighted by molar-refractivity contribution is 5.98. The molecule has 3 rings (SSSR count). The van der Waals surface area contributed by atoms with Gasteiger partial charge in [-0.15, -0.1) is 0 Å². The second kappa shape index (κ2) is 9.64. The van der Waals surface area contributed by atoms with Crippen LogP contribution in [0, 0.1) is 13.8 Å². The lowest BCUT2D eigenvalue weighted by atomic mass is 10.1. The van der Waals surface area contributed by atoms with Gasteiger partial charge in [0.25, 0.3) is 11.8 Å². The van der Waals surface area contributed by atoms with E-state index in [2.05, 4.69) is 15.6 Å². The van der Waals surface area contributed by atoms with Crippen LogP contribution in [0.2, 0.25) is 0 Å². The lowest BCUT2D eigenvalue weighted by molar-refractivity contribution is 0.0915. The van der Waals surface area contributed by atoms with Crippen molar-refractivity contribution in [1.29, 1.82) is 0 Å². The molecular formula is C26H29N3O3. The Hall–Kier alpha value is -3.67. The number of pyridine rings is 1. The van der Waals surface area contributed by atoms with Crippen LogP contribution in [0.1, 0.15) is 58.2 Å². The van der Waals surface area contributed by atoms with Crippen molar-refractivity contribution in [2.45, 2.75) is 46.7 Å². The van der Waals surface area contributed by atoms with Crippen molar-refractivity contribution in [3.8, 4) is 11.6 Å². The van der Waals surface area contributed by atoms with Gasteiger partial charge < -0.3 is 15.4 Å². The molecule has 32 heavy (non-hydrogen) atoms. The van der Waals surface area contributed by atoms with Crippen LogP contribution in [-0.4, -0.2) is 22.3 Å². The number of hydrogen-bond acceptors (Lipinski definition) is 4. The first-order valence-electron chi connectivity index (χ1n) is 10.5. The van der Waals surface area contributed by atoms with Crippen molar-refractivity contribution in [2.24, 2.45) is 0 Å². The molecule has 0 saturated carbocycles. The summed E-state index contributed by atoms with van der Waals surface area (Å²) in [5.74, 6) is 0.887. The summed E-state index contributed by atoms with van der Waals surface area (Å²) in [7, 11) is 0. The molecule has 0 aliphatic carbocycles. The average molecular weight is 432 g/mol. The fraction of sp³-hybridized carbons (Fsp3) is 0.269. The lowest BCUT2D eigenvalue weighted by Gasteiger charge is -2.20. The zero-order valence-electron chi connectivity index (χ0n) is 19.2. The largest absolute Gasteiger partial charge is 0.439 e. The summed E-state index contributed by atoms with van der Waals surface area (Å²) in [6.45, 7) is 10.1. The molecule has 2 N–H and O–H groups in total. The van der Waals surface area contributed by atoms with Crippen molar-refractivity contribution in [2.75, 3.05) is 0 Å². The van der Waals surface area contributed by atoms with E-state index in [1.807, 2.05) is 58.9 Å². The minimum atomic E-state index is -0.319. The molecule has 6 heteroatoms. The summed E-state index contributed by atoms with van der Waals surface area (Å²) in [5.41, 5.74) is 3.69. The number of rotatable bonds is 6. The number of nitrogens with zero attached hydrogens (tertiary/aromatic N) is 1. The number of amides is 2. The van der Waals surface area contributed by atoms with Crippen LogP contribution in [0.15, 0.2) is 60.8 Å². The summed E-state index contributed by atoms with van der Waals surface area (Å²) in [5, 5.41) is 5.77. The molecular weight excluding hydrogens is 402 g/mol. The Kier molecular flexibility index (Phi) is 6.93. The predicted octanol–water partition coefficient (Wildman–Crippen LogP) is 4.95. The van der Waals surface area contributed by atoms with E-state index >= 15 is 0 Å². The summed E-state index contributed by atoms with van der Waals surface area (Å²) < 4.78 is 5.87. The number of ether oxygens (including phenoxy) is 1. The molecule has 0 fully saturated rings. The standard InChI is InChI=1S/C26H29N3O3/c1-17-6-7-18(2)22(14-17)32-23-13-8-19(15-27-23)16-28-24(30)20-9-11-21(12-10-20)25(31)29-26(3,4)5/h6-15H,16H2,1-5H3,(H,28,30)(H,29,31). The van der Waals surface area contributed by atoms with Crippen LogP contribution in [0.4, 0.5) is 0 Å². The molecule has 0 aliphatic heterocycles. The van der Waals surface area contributed by atoms with Crippen molar-refractivity contribution in [3.05, 3.63) is 88.6 Å². The smallest absolute Gasteiger partial charge is 0.251 e. The molecule has 0 atom stereocenters. The topological polar surface area (TPSA) is 80.3 Å². The monoisotopic (exact) mass is 431 g/mol. The van der Waals surface area contributed by atoms with Gasteiger partial charge in [0.15, 0.2) is 0 Å². The van der Waals surface area contributed by atoms with Crippen LogP contribution in [0.5, 0.6) is 11.6 Å². The fourth-order valence-electron chi connectivity index (χ4n) is 2.98. The number of carbonyl (C=O) groups is 2. The number of aryl methyl sites for hydroxylation is 2. The van der Waals surface area contributed by atoms with Crippen LogP contribution in [-0.2, 0) is 6.54 Å². The van der Waals surface area contributed by atoms with E-state index in [1.165, 1.54) is 0 Å². The molecule has 2 aromatic carbocycles. The zero-order chi connectivity index (χ0) is 23.3. The Morgan fingerprint density at radius 1 is 0.906 bits per heavy atom. The van der Waals surface area contributed by atoms with E-state index < -0.39 is 0 Å². The van der Waals surface area contributed by atoms with E-state index in [9.17, 15) is 9.59 Å². The second-order valence-corrected chi connectivity index (χ2v) is 8.84. The molecule has 0 spiro atoms. The molecule has 166 valence electrons. The Morgan fingerprint density at radius 2 is 1.56 bits per heavy atom. The maximum absolute atomic E-state index is 12.4. The molecule has 1 heterocycles. The fourth-order valence-corrected chi connectivity index (χ4v) is 2.98. The van der Waals surface area contributed by atoms with Gasteiger partial charge in [-0.05, 0) is 81.6 Å². The van der Waals surface area contributed by atoms with Gasteiger partial charge in [-0.2, -0.15) is 0 Å². The third-order valence-corrected chi connectivity index (χ3v) is 4.71. The molecule has 0 radical (unpaired) electrons. The van der Waals surface area contributed by atoms with Crippen LogP contribution in [0.25, 0.3) is 0 Å². The van der Waals surface area contributed by atoms with Gasteiger partial charge in [0, 0.05) is 35.5 Å².